The molecule has 0 radical (unpaired) electrons. The summed E-state index contributed by atoms with van der Waals surface area (Å²) in [6.45, 7) is 0. The van der Waals surface area contributed by atoms with Gasteiger partial charge in [-0.25, -0.2) is 5.43 Å². The summed E-state index contributed by atoms with van der Waals surface area (Å²) in [5.74, 6) is 0.0225. The molecule has 1 amide bonds. The highest BCUT2D eigenvalue weighted by molar-refractivity contribution is 8.00. The number of nitrogens with zero attached hydrogens (tertiary/aromatic N) is 1. The van der Waals surface area contributed by atoms with E-state index in [-0.39, 0.29) is 11.7 Å². The van der Waals surface area contributed by atoms with Gasteiger partial charge >= 0.3 is 0 Å². The van der Waals surface area contributed by atoms with E-state index in [0.717, 1.165) is 4.90 Å². The zero-order valence-corrected chi connectivity index (χ0v) is 14.3. The molecule has 0 aliphatic rings. The van der Waals surface area contributed by atoms with E-state index in [1.165, 1.54) is 18.0 Å². The Labute approximate surface area is 147 Å². The van der Waals surface area contributed by atoms with Gasteiger partial charge in [-0.05, 0) is 36.4 Å². The molecule has 0 heterocycles. The van der Waals surface area contributed by atoms with Gasteiger partial charge in [-0.3, -0.25) is 4.79 Å². The molecule has 3 nitrogen and oxygen atoms in total. The second-order valence-corrected chi connectivity index (χ2v) is 6.47. The monoisotopic (exact) mass is 372 g/mol. The van der Waals surface area contributed by atoms with Crippen molar-refractivity contribution in [3.05, 3.63) is 63.1 Å². The van der Waals surface area contributed by atoms with Crippen molar-refractivity contribution < 1.29 is 4.79 Å². The molecule has 1 N–H and O–H groups in total. The van der Waals surface area contributed by atoms with Crippen LogP contribution in [-0.2, 0) is 4.79 Å². The van der Waals surface area contributed by atoms with E-state index in [0.29, 0.717) is 20.6 Å². The van der Waals surface area contributed by atoms with Crippen LogP contribution >= 0.6 is 46.6 Å². The predicted octanol–water partition coefficient (Wildman–Crippen LogP) is 4.89. The van der Waals surface area contributed by atoms with E-state index in [4.69, 9.17) is 34.8 Å². The van der Waals surface area contributed by atoms with Crippen molar-refractivity contribution >= 4 is 58.7 Å². The molecule has 0 aromatic heterocycles. The van der Waals surface area contributed by atoms with Gasteiger partial charge in [0.05, 0.1) is 22.0 Å². The molecule has 0 aliphatic carbocycles. The summed E-state index contributed by atoms with van der Waals surface area (Å²) < 4.78 is 0. The molecule has 0 aliphatic heterocycles. The number of thioether (sulfide) groups is 1. The van der Waals surface area contributed by atoms with Gasteiger partial charge < -0.3 is 0 Å². The number of carbonyl (C=O) groups excluding carboxylic acids is 1. The average Bonchev–Trinajstić information content (AvgIpc) is 2.50. The highest BCUT2D eigenvalue weighted by Crippen LogP contribution is 2.22. The van der Waals surface area contributed by atoms with Gasteiger partial charge in [-0.1, -0.05) is 40.9 Å². The Balaban J connectivity index is 1.85. The second-order valence-electron chi connectivity index (χ2n) is 4.17. The molecule has 0 fully saturated rings. The minimum Gasteiger partial charge on any atom is -0.272 e. The highest BCUT2D eigenvalue weighted by atomic mass is 35.5. The van der Waals surface area contributed by atoms with Crippen molar-refractivity contribution in [2.45, 2.75) is 4.90 Å². The molecule has 2 rings (SSSR count). The van der Waals surface area contributed by atoms with Crippen LogP contribution in [0, 0.1) is 0 Å². The molecule has 2 aromatic rings. The Morgan fingerprint density at radius 1 is 1.09 bits per heavy atom. The number of hydrogen-bond acceptors (Lipinski definition) is 3. The lowest BCUT2D eigenvalue weighted by atomic mass is 10.2. The fourth-order valence-corrected chi connectivity index (χ4v) is 2.83. The van der Waals surface area contributed by atoms with Crippen molar-refractivity contribution in [1.29, 1.82) is 0 Å². The Hall–Kier alpha value is -1.20. The third-order valence-electron chi connectivity index (χ3n) is 2.57. The van der Waals surface area contributed by atoms with E-state index < -0.39 is 0 Å². The maximum atomic E-state index is 11.7. The summed E-state index contributed by atoms with van der Waals surface area (Å²) in [5, 5.41) is 5.47. The predicted molar refractivity (Wildman–Crippen MR) is 94.4 cm³/mol. The Morgan fingerprint density at radius 2 is 1.73 bits per heavy atom. The molecule has 22 heavy (non-hydrogen) atoms. The van der Waals surface area contributed by atoms with Crippen molar-refractivity contribution in [3.63, 3.8) is 0 Å². The van der Waals surface area contributed by atoms with Crippen molar-refractivity contribution in [2.24, 2.45) is 5.10 Å². The zero-order valence-electron chi connectivity index (χ0n) is 11.2. The van der Waals surface area contributed by atoms with Gasteiger partial charge in [0, 0.05) is 15.5 Å². The molecule has 0 saturated heterocycles. The van der Waals surface area contributed by atoms with Gasteiger partial charge in [-0.15, -0.1) is 11.8 Å². The van der Waals surface area contributed by atoms with Crippen LogP contribution in [0.25, 0.3) is 0 Å². The van der Waals surface area contributed by atoms with Crippen LogP contribution in [0.4, 0.5) is 0 Å². The first kappa shape index (κ1) is 17.2. The lowest BCUT2D eigenvalue weighted by molar-refractivity contribution is -0.118. The van der Waals surface area contributed by atoms with Crippen LogP contribution < -0.4 is 5.43 Å². The molecule has 0 bridgehead atoms. The molecule has 0 spiro atoms. The maximum absolute atomic E-state index is 11.7. The summed E-state index contributed by atoms with van der Waals surface area (Å²) >= 11 is 19.2. The highest BCUT2D eigenvalue weighted by Gasteiger charge is 2.04. The number of amides is 1. The summed E-state index contributed by atoms with van der Waals surface area (Å²) in [6, 6.07) is 12.4. The van der Waals surface area contributed by atoms with Crippen LogP contribution in [0.1, 0.15) is 5.56 Å². The van der Waals surface area contributed by atoms with Crippen molar-refractivity contribution in [1.82, 2.24) is 5.43 Å². The number of benzene rings is 2. The minimum atomic E-state index is -0.223. The molecule has 0 atom stereocenters. The first-order valence-corrected chi connectivity index (χ1v) is 8.32. The Bertz CT molecular complexity index is 669. The van der Waals surface area contributed by atoms with Gasteiger partial charge in [-0.2, -0.15) is 5.10 Å². The lowest BCUT2D eigenvalue weighted by Crippen LogP contribution is -2.19. The third-order valence-corrected chi connectivity index (χ3v) is 4.49. The Morgan fingerprint density at radius 3 is 2.36 bits per heavy atom. The first-order valence-electron chi connectivity index (χ1n) is 6.20. The Kier molecular flexibility index (Phi) is 6.58. The van der Waals surface area contributed by atoms with Crippen molar-refractivity contribution in [3.8, 4) is 0 Å². The summed E-state index contributed by atoms with van der Waals surface area (Å²) in [5.41, 5.74) is 3.00. The quantitative estimate of drug-likeness (QED) is 0.460. The van der Waals surface area contributed by atoms with E-state index in [9.17, 15) is 4.79 Å². The minimum absolute atomic E-state index is 0.223. The standard InChI is InChI=1S/C15H11Cl3N2OS/c16-10-4-6-11(7-5-10)22-9-15(21)20-19-8-12-13(17)2-1-3-14(12)18/h1-8H,9H2,(H,20,21)/b19-8+. The van der Waals surface area contributed by atoms with Gasteiger partial charge in [0.2, 0.25) is 5.91 Å². The van der Waals surface area contributed by atoms with E-state index in [1.54, 1.807) is 30.3 Å². The molecule has 0 unspecified atom stereocenters. The number of nitrogens with one attached hydrogen (secondary N) is 1. The van der Waals surface area contributed by atoms with Gasteiger partial charge in [0.15, 0.2) is 0 Å². The summed E-state index contributed by atoms with van der Waals surface area (Å²) in [6.07, 6.45) is 1.43. The number of rotatable bonds is 5. The second kappa shape index (κ2) is 8.44. The number of halogens is 3. The van der Waals surface area contributed by atoms with Gasteiger partial charge in [0.25, 0.3) is 0 Å². The topological polar surface area (TPSA) is 41.5 Å². The molecule has 2 aromatic carbocycles. The molecule has 7 heteroatoms. The van der Waals surface area contributed by atoms with Crippen LogP contribution in [0.15, 0.2) is 52.5 Å². The fraction of sp³-hybridized carbons (Fsp3) is 0.0667. The number of hydrogen-bond donors (Lipinski definition) is 1. The van der Waals surface area contributed by atoms with Gasteiger partial charge in [0.1, 0.15) is 0 Å². The summed E-state index contributed by atoms with van der Waals surface area (Å²) in [7, 11) is 0. The van der Waals surface area contributed by atoms with Crippen LogP contribution in [0.5, 0.6) is 0 Å². The third kappa shape index (κ3) is 5.21. The molecular formula is C15H11Cl3N2OS. The van der Waals surface area contributed by atoms with E-state index in [2.05, 4.69) is 10.5 Å². The molecule has 114 valence electrons. The fourth-order valence-electron chi connectivity index (χ4n) is 1.51. The smallest absolute Gasteiger partial charge is 0.250 e. The average molecular weight is 374 g/mol. The normalized spacial score (nSPS) is 10.9. The van der Waals surface area contributed by atoms with E-state index >= 15 is 0 Å². The van der Waals surface area contributed by atoms with Crippen molar-refractivity contribution in [2.75, 3.05) is 5.75 Å². The summed E-state index contributed by atoms with van der Waals surface area (Å²) in [4.78, 5) is 12.7. The molecular weight excluding hydrogens is 363 g/mol. The van der Waals surface area contributed by atoms with Crippen LogP contribution in [-0.4, -0.2) is 17.9 Å². The molecule has 0 saturated carbocycles. The zero-order chi connectivity index (χ0) is 15.9. The number of hydrazone groups is 1. The van der Waals surface area contributed by atoms with E-state index in [1.807, 2.05) is 12.1 Å². The lowest BCUT2D eigenvalue weighted by Gasteiger charge is -2.02. The van der Waals surface area contributed by atoms with Crippen LogP contribution in [0.2, 0.25) is 15.1 Å². The largest absolute Gasteiger partial charge is 0.272 e. The first-order chi connectivity index (χ1) is 10.6. The number of carbonyl (C=O) groups is 1. The van der Waals surface area contributed by atoms with Crippen LogP contribution in [0.3, 0.4) is 0 Å². The maximum Gasteiger partial charge on any atom is 0.250 e. The SMILES string of the molecule is O=C(CSc1ccc(Cl)cc1)N/N=C/c1c(Cl)cccc1Cl.